The topological polar surface area (TPSA) is 34.2 Å². The lowest BCUT2D eigenvalue weighted by atomic mass is 9.92. The van der Waals surface area contributed by atoms with Crippen LogP contribution in [0.25, 0.3) is 10.9 Å². The smallest absolute Gasteiger partial charge is 0.0702 e. The fraction of sp³-hybridized carbons (Fsp3) is 0.438. The molecule has 3 nitrogen and oxygen atoms in total. The largest absolute Gasteiger partial charge is 0.381 e. The Balaban J connectivity index is 1.72. The van der Waals surface area contributed by atoms with Crippen molar-refractivity contribution in [1.29, 1.82) is 0 Å². The van der Waals surface area contributed by atoms with Crippen molar-refractivity contribution < 1.29 is 4.74 Å². The third-order valence-electron chi connectivity index (χ3n) is 4.04. The van der Waals surface area contributed by atoms with E-state index in [9.17, 15) is 0 Å². The Bertz CT molecular complexity index is 581. The van der Waals surface area contributed by atoms with Gasteiger partial charge in [-0.05, 0) is 36.6 Å². The maximum absolute atomic E-state index is 6.17. The molecule has 1 aliphatic rings. The molecule has 2 aromatic rings. The minimum absolute atomic E-state index is 0.0176. The van der Waals surface area contributed by atoms with Crippen molar-refractivity contribution in [2.45, 2.75) is 24.9 Å². The number of ether oxygens (including phenoxy) is 1. The highest BCUT2D eigenvalue weighted by atomic mass is 35.5. The van der Waals surface area contributed by atoms with Gasteiger partial charge in [-0.2, -0.15) is 0 Å². The molecule has 1 aromatic carbocycles. The first-order chi connectivity index (χ1) is 9.81. The predicted molar refractivity (Wildman–Crippen MR) is 82.1 cm³/mol. The molecule has 3 rings (SSSR count). The number of hydrogen-bond donors (Lipinski definition) is 1. The quantitative estimate of drug-likeness (QED) is 0.879. The zero-order valence-electron chi connectivity index (χ0n) is 11.4. The zero-order valence-corrected chi connectivity index (χ0v) is 12.2. The van der Waals surface area contributed by atoms with Crippen LogP contribution < -0.4 is 5.32 Å². The molecule has 1 aromatic heterocycles. The molecule has 1 N–H and O–H groups in total. The SMILES string of the molecule is ClCC1(NCc2ccc3ncccc3c2)CCOCC1. The minimum Gasteiger partial charge on any atom is -0.381 e. The van der Waals surface area contributed by atoms with Gasteiger partial charge in [0.05, 0.1) is 5.52 Å². The fourth-order valence-corrected chi connectivity index (χ4v) is 3.01. The lowest BCUT2D eigenvalue weighted by Crippen LogP contribution is -2.50. The van der Waals surface area contributed by atoms with Gasteiger partial charge < -0.3 is 10.1 Å². The van der Waals surface area contributed by atoms with Crippen LogP contribution in [0.2, 0.25) is 0 Å². The Kier molecular flexibility index (Phi) is 4.20. The molecule has 2 heterocycles. The van der Waals surface area contributed by atoms with E-state index in [1.807, 2.05) is 12.3 Å². The van der Waals surface area contributed by atoms with Crippen LogP contribution in [-0.2, 0) is 11.3 Å². The van der Waals surface area contributed by atoms with Crippen LogP contribution in [0.3, 0.4) is 0 Å². The average molecular weight is 291 g/mol. The highest BCUT2D eigenvalue weighted by Crippen LogP contribution is 2.23. The third kappa shape index (κ3) is 2.95. The highest BCUT2D eigenvalue weighted by Gasteiger charge is 2.30. The minimum atomic E-state index is 0.0176. The molecule has 1 aliphatic heterocycles. The Morgan fingerprint density at radius 3 is 2.90 bits per heavy atom. The van der Waals surface area contributed by atoms with E-state index in [-0.39, 0.29) is 5.54 Å². The van der Waals surface area contributed by atoms with Gasteiger partial charge in [0, 0.05) is 42.8 Å². The van der Waals surface area contributed by atoms with E-state index in [0.29, 0.717) is 5.88 Å². The van der Waals surface area contributed by atoms with Crippen molar-refractivity contribution in [2.75, 3.05) is 19.1 Å². The van der Waals surface area contributed by atoms with E-state index in [1.165, 1.54) is 10.9 Å². The fourth-order valence-electron chi connectivity index (χ4n) is 2.64. The molecule has 0 bridgehead atoms. The first kappa shape index (κ1) is 13.8. The summed E-state index contributed by atoms with van der Waals surface area (Å²) < 4.78 is 5.43. The van der Waals surface area contributed by atoms with Gasteiger partial charge in [0.1, 0.15) is 0 Å². The number of benzene rings is 1. The number of alkyl halides is 1. The van der Waals surface area contributed by atoms with Crippen molar-refractivity contribution in [1.82, 2.24) is 10.3 Å². The van der Waals surface area contributed by atoms with Crippen LogP contribution in [0.1, 0.15) is 18.4 Å². The molecule has 106 valence electrons. The number of fused-ring (bicyclic) bond motifs is 1. The number of rotatable bonds is 4. The Hall–Kier alpha value is -1.16. The monoisotopic (exact) mass is 290 g/mol. The lowest BCUT2D eigenvalue weighted by Gasteiger charge is -2.36. The molecule has 1 fully saturated rings. The van der Waals surface area contributed by atoms with E-state index in [4.69, 9.17) is 16.3 Å². The number of pyridine rings is 1. The van der Waals surface area contributed by atoms with E-state index in [2.05, 4.69) is 34.6 Å². The summed E-state index contributed by atoms with van der Waals surface area (Å²) in [5, 5.41) is 4.81. The summed E-state index contributed by atoms with van der Waals surface area (Å²) in [5.74, 6) is 0.630. The van der Waals surface area contributed by atoms with E-state index < -0.39 is 0 Å². The van der Waals surface area contributed by atoms with Gasteiger partial charge >= 0.3 is 0 Å². The zero-order chi connectivity index (χ0) is 13.8. The van der Waals surface area contributed by atoms with Crippen molar-refractivity contribution in [3.63, 3.8) is 0 Å². The second-order valence-electron chi connectivity index (χ2n) is 5.41. The summed E-state index contributed by atoms with van der Waals surface area (Å²) in [7, 11) is 0. The van der Waals surface area contributed by atoms with E-state index in [0.717, 1.165) is 38.1 Å². The Morgan fingerprint density at radius 2 is 2.10 bits per heavy atom. The van der Waals surface area contributed by atoms with Gasteiger partial charge in [0.2, 0.25) is 0 Å². The number of halogens is 1. The van der Waals surface area contributed by atoms with Crippen LogP contribution in [-0.4, -0.2) is 29.6 Å². The molecule has 20 heavy (non-hydrogen) atoms. The first-order valence-electron chi connectivity index (χ1n) is 7.04. The molecule has 0 unspecified atom stereocenters. The number of aromatic nitrogens is 1. The molecular weight excluding hydrogens is 272 g/mol. The average Bonchev–Trinajstić information content (AvgIpc) is 2.54. The van der Waals surface area contributed by atoms with Crippen molar-refractivity contribution in [2.24, 2.45) is 0 Å². The Labute approximate surface area is 124 Å². The molecule has 0 amide bonds. The summed E-state index contributed by atoms with van der Waals surface area (Å²) in [5.41, 5.74) is 2.32. The van der Waals surface area contributed by atoms with Crippen LogP contribution in [0.15, 0.2) is 36.5 Å². The maximum Gasteiger partial charge on any atom is 0.0702 e. The number of hydrogen-bond acceptors (Lipinski definition) is 3. The summed E-state index contributed by atoms with van der Waals surface area (Å²) in [4.78, 5) is 4.34. The third-order valence-corrected chi connectivity index (χ3v) is 4.55. The molecule has 0 spiro atoms. The van der Waals surface area contributed by atoms with Crippen molar-refractivity contribution >= 4 is 22.5 Å². The lowest BCUT2D eigenvalue weighted by molar-refractivity contribution is 0.0459. The number of nitrogens with zero attached hydrogens (tertiary/aromatic N) is 1. The van der Waals surface area contributed by atoms with Gasteiger partial charge in [-0.15, -0.1) is 11.6 Å². The van der Waals surface area contributed by atoms with Crippen LogP contribution >= 0.6 is 11.6 Å². The first-order valence-corrected chi connectivity index (χ1v) is 7.57. The van der Waals surface area contributed by atoms with E-state index >= 15 is 0 Å². The molecule has 0 aliphatic carbocycles. The van der Waals surface area contributed by atoms with Gasteiger partial charge in [-0.1, -0.05) is 12.1 Å². The molecule has 1 saturated heterocycles. The standard InChI is InChI=1S/C16H19ClN2O/c17-12-16(5-8-20-9-6-16)19-11-13-3-4-15-14(10-13)2-1-7-18-15/h1-4,7,10,19H,5-6,8-9,11-12H2. The summed E-state index contributed by atoms with van der Waals surface area (Å²) in [6.07, 6.45) is 3.78. The van der Waals surface area contributed by atoms with Gasteiger partial charge in [-0.3, -0.25) is 4.98 Å². The molecule has 4 heteroatoms. The van der Waals surface area contributed by atoms with Gasteiger partial charge in [-0.25, -0.2) is 0 Å². The summed E-state index contributed by atoms with van der Waals surface area (Å²) in [6, 6.07) is 10.5. The summed E-state index contributed by atoms with van der Waals surface area (Å²) >= 11 is 6.17. The number of nitrogens with one attached hydrogen (secondary N) is 1. The normalized spacial score (nSPS) is 18.2. The maximum atomic E-state index is 6.17. The van der Waals surface area contributed by atoms with Gasteiger partial charge in [0.15, 0.2) is 0 Å². The second kappa shape index (κ2) is 6.08. The van der Waals surface area contributed by atoms with Crippen LogP contribution in [0.5, 0.6) is 0 Å². The van der Waals surface area contributed by atoms with Gasteiger partial charge in [0.25, 0.3) is 0 Å². The van der Waals surface area contributed by atoms with E-state index in [1.54, 1.807) is 0 Å². The second-order valence-corrected chi connectivity index (χ2v) is 5.68. The van der Waals surface area contributed by atoms with Crippen molar-refractivity contribution in [3.8, 4) is 0 Å². The summed E-state index contributed by atoms with van der Waals surface area (Å²) in [6.45, 7) is 2.42. The van der Waals surface area contributed by atoms with Crippen LogP contribution in [0.4, 0.5) is 0 Å². The molecular formula is C16H19ClN2O. The highest BCUT2D eigenvalue weighted by molar-refractivity contribution is 6.18. The molecule has 0 saturated carbocycles. The predicted octanol–water partition coefficient (Wildman–Crippen LogP) is 3.11. The Morgan fingerprint density at radius 1 is 1.25 bits per heavy atom. The van der Waals surface area contributed by atoms with Crippen molar-refractivity contribution in [3.05, 3.63) is 42.1 Å². The molecule has 0 atom stereocenters. The molecule has 0 radical (unpaired) electrons. The van der Waals surface area contributed by atoms with Crippen LogP contribution in [0, 0.1) is 0 Å².